The van der Waals surface area contributed by atoms with Crippen molar-refractivity contribution in [3.05, 3.63) is 41.3 Å². The predicted octanol–water partition coefficient (Wildman–Crippen LogP) is 3.35. The maximum absolute atomic E-state index is 10.6. The highest BCUT2D eigenvalue weighted by atomic mass is 19.4. The number of halogens is 6. The average molecular weight is 556 g/mol. The van der Waals surface area contributed by atoms with E-state index in [0.717, 1.165) is 60.3 Å². The standard InChI is InChI=1S/C18H24N4O2.2C2HF3O2/c1-13-20-15(7-8-19)11-17(21-13)22-9-4-10-24-18-14(12-22)5-3-6-16(18)23-2;2*3-2(4,5)1(6)7/h3,5-6,11H,4,7-10,12,19H2,1-2H3;2*(H,6,7). The minimum atomic E-state index is -5.08. The van der Waals surface area contributed by atoms with Gasteiger partial charge in [0, 0.05) is 36.8 Å². The Morgan fingerprint density at radius 3 is 2.18 bits per heavy atom. The van der Waals surface area contributed by atoms with Crippen LogP contribution in [0.15, 0.2) is 24.3 Å². The summed E-state index contributed by atoms with van der Waals surface area (Å²) in [6.45, 7) is 4.78. The number of hydrogen-bond acceptors (Lipinski definition) is 8. The van der Waals surface area contributed by atoms with Crippen molar-refractivity contribution in [2.75, 3.05) is 31.7 Å². The van der Waals surface area contributed by atoms with E-state index in [-0.39, 0.29) is 0 Å². The molecule has 16 heteroatoms. The number of methoxy groups -OCH3 is 1. The molecule has 0 fully saturated rings. The van der Waals surface area contributed by atoms with E-state index >= 15 is 0 Å². The van der Waals surface area contributed by atoms with Gasteiger partial charge in [0.1, 0.15) is 11.6 Å². The summed E-state index contributed by atoms with van der Waals surface area (Å²) in [6, 6.07) is 8.04. The monoisotopic (exact) mass is 556 g/mol. The van der Waals surface area contributed by atoms with Crippen LogP contribution < -0.4 is 20.1 Å². The SMILES string of the molecule is COc1cccc2c1OCCCN(c1cc(CCN)nc(C)n1)C2.O=C(O)C(F)(F)F.O=C(O)C(F)(F)F. The third kappa shape index (κ3) is 10.7. The maximum Gasteiger partial charge on any atom is 0.490 e. The minimum Gasteiger partial charge on any atom is -0.493 e. The van der Waals surface area contributed by atoms with Crippen LogP contribution in [0, 0.1) is 6.92 Å². The smallest absolute Gasteiger partial charge is 0.490 e. The molecule has 1 aromatic carbocycles. The Kier molecular flexibility index (Phi) is 12.0. The molecule has 3 rings (SSSR count). The molecule has 0 aliphatic carbocycles. The number of anilines is 1. The van der Waals surface area contributed by atoms with E-state index in [0.29, 0.717) is 13.2 Å². The molecule has 0 saturated carbocycles. The van der Waals surface area contributed by atoms with E-state index in [2.05, 4.69) is 20.9 Å². The quantitative estimate of drug-likeness (QED) is 0.479. The van der Waals surface area contributed by atoms with E-state index in [4.69, 9.17) is 35.0 Å². The summed E-state index contributed by atoms with van der Waals surface area (Å²) in [5.41, 5.74) is 7.77. The fourth-order valence-corrected chi connectivity index (χ4v) is 2.97. The maximum atomic E-state index is 10.6. The molecule has 2 aromatic rings. The normalized spacial score (nSPS) is 13.2. The van der Waals surface area contributed by atoms with Gasteiger partial charge < -0.3 is 30.3 Å². The Labute approximate surface area is 213 Å². The van der Waals surface area contributed by atoms with Gasteiger partial charge >= 0.3 is 24.3 Å². The zero-order chi connectivity index (χ0) is 29.1. The lowest BCUT2D eigenvalue weighted by Crippen LogP contribution is -2.29. The average Bonchev–Trinajstić information content (AvgIpc) is 2.78. The predicted molar refractivity (Wildman–Crippen MR) is 121 cm³/mol. The third-order valence-corrected chi connectivity index (χ3v) is 4.55. The zero-order valence-electron chi connectivity index (χ0n) is 20.3. The van der Waals surface area contributed by atoms with Gasteiger partial charge in [-0.25, -0.2) is 19.6 Å². The lowest BCUT2D eigenvalue weighted by atomic mass is 10.1. The minimum absolute atomic E-state index is 0.587. The number of hydrogen-bond donors (Lipinski definition) is 3. The molecule has 1 aromatic heterocycles. The van der Waals surface area contributed by atoms with Crippen LogP contribution in [-0.4, -0.2) is 71.3 Å². The number of carbonyl (C=O) groups is 2. The highest BCUT2D eigenvalue weighted by Crippen LogP contribution is 2.34. The zero-order valence-corrected chi connectivity index (χ0v) is 20.3. The van der Waals surface area contributed by atoms with Gasteiger partial charge in [-0.1, -0.05) is 12.1 Å². The summed E-state index contributed by atoms with van der Waals surface area (Å²) in [5.74, 6) is -2.18. The van der Waals surface area contributed by atoms with Crippen LogP contribution in [-0.2, 0) is 22.6 Å². The molecule has 0 amide bonds. The molecule has 0 bridgehead atoms. The van der Waals surface area contributed by atoms with Gasteiger partial charge in [0.05, 0.1) is 13.7 Å². The number of ether oxygens (including phenoxy) is 2. The van der Waals surface area contributed by atoms with Gasteiger partial charge in [-0.3, -0.25) is 0 Å². The second-order valence-corrected chi connectivity index (χ2v) is 7.48. The first-order valence-electron chi connectivity index (χ1n) is 10.8. The molecule has 0 radical (unpaired) electrons. The summed E-state index contributed by atoms with van der Waals surface area (Å²) in [7, 11) is 1.67. The molecular weight excluding hydrogens is 530 g/mol. The van der Waals surface area contributed by atoms with Gasteiger partial charge in [-0.05, 0) is 26.0 Å². The fourth-order valence-electron chi connectivity index (χ4n) is 2.97. The number of para-hydroxylation sites is 1. The number of alkyl halides is 6. The second-order valence-electron chi connectivity index (χ2n) is 7.48. The van der Waals surface area contributed by atoms with Crippen molar-refractivity contribution in [2.24, 2.45) is 5.73 Å². The van der Waals surface area contributed by atoms with Gasteiger partial charge in [-0.2, -0.15) is 26.3 Å². The van der Waals surface area contributed by atoms with Crippen molar-refractivity contribution in [1.29, 1.82) is 0 Å². The molecule has 0 atom stereocenters. The van der Waals surface area contributed by atoms with Crippen LogP contribution in [0.3, 0.4) is 0 Å². The molecule has 2 heterocycles. The van der Waals surface area contributed by atoms with E-state index < -0.39 is 24.3 Å². The van der Waals surface area contributed by atoms with Crippen LogP contribution in [0.4, 0.5) is 32.2 Å². The number of aryl methyl sites for hydroxylation is 1. The molecule has 1 aliphatic rings. The number of carboxylic acids is 2. The number of rotatable bonds is 4. The van der Waals surface area contributed by atoms with Crippen molar-refractivity contribution >= 4 is 17.8 Å². The molecular formula is C22H26F6N4O6. The van der Waals surface area contributed by atoms with Gasteiger partial charge in [-0.15, -0.1) is 0 Å². The van der Waals surface area contributed by atoms with Gasteiger partial charge in [0.2, 0.25) is 0 Å². The highest BCUT2D eigenvalue weighted by molar-refractivity contribution is 5.73. The lowest BCUT2D eigenvalue weighted by Gasteiger charge is -2.28. The fraction of sp³-hybridized carbons (Fsp3) is 0.455. The van der Waals surface area contributed by atoms with Gasteiger partial charge in [0.15, 0.2) is 11.5 Å². The summed E-state index contributed by atoms with van der Waals surface area (Å²) < 4.78 is 74.8. The Balaban J connectivity index is 0.000000426. The van der Waals surface area contributed by atoms with Crippen molar-refractivity contribution in [2.45, 2.75) is 38.7 Å². The molecule has 0 unspecified atom stereocenters. The first-order chi connectivity index (χ1) is 17.6. The number of nitrogens with zero attached hydrogens (tertiary/aromatic N) is 3. The van der Waals surface area contributed by atoms with Crippen LogP contribution in [0.2, 0.25) is 0 Å². The Hall–Kier alpha value is -3.82. The van der Waals surface area contributed by atoms with Crippen molar-refractivity contribution in [1.82, 2.24) is 9.97 Å². The van der Waals surface area contributed by atoms with Crippen molar-refractivity contribution in [3.8, 4) is 11.5 Å². The molecule has 0 saturated heterocycles. The largest absolute Gasteiger partial charge is 0.493 e. The van der Waals surface area contributed by atoms with Crippen LogP contribution in [0.1, 0.15) is 23.5 Å². The first kappa shape index (κ1) is 32.2. The summed E-state index contributed by atoms with van der Waals surface area (Å²) >= 11 is 0. The van der Waals surface area contributed by atoms with Crippen LogP contribution >= 0.6 is 0 Å². The molecule has 4 N–H and O–H groups in total. The summed E-state index contributed by atoms with van der Waals surface area (Å²) in [5, 5.41) is 14.2. The molecule has 212 valence electrons. The first-order valence-corrected chi connectivity index (χ1v) is 10.8. The van der Waals surface area contributed by atoms with E-state index in [9.17, 15) is 26.3 Å². The van der Waals surface area contributed by atoms with Crippen molar-refractivity contribution < 1.29 is 55.6 Å². The Bertz CT molecular complexity index is 1060. The summed E-state index contributed by atoms with van der Waals surface area (Å²) in [4.78, 5) is 29.2. The van der Waals surface area contributed by atoms with E-state index in [1.165, 1.54) is 0 Å². The molecule has 1 aliphatic heterocycles. The van der Waals surface area contributed by atoms with Gasteiger partial charge in [0.25, 0.3) is 0 Å². The van der Waals surface area contributed by atoms with Crippen LogP contribution in [0.5, 0.6) is 11.5 Å². The van der Waals surface area contributed by atoms with Crippen LogP contribution in [0.25, 0.3) is 0 Å². The number of aliphatic carboxylic acids is 2. The third-order valence-electron chi connectivity index (χ3n) is 4.55. The highest BCUT2D eigenvalue weighted by Gasteiger charge is 2.38. The summed E-state index contributed by atoms with van der Waals surface area (Å²) in [6.07, 6.45) is -8.48. The lowest BCUT2D eigenvalue weighted by molar-refractivity contribution is -0.193. The number of benzene rings is 1. The van der Waals surface area contributed by atoms with E-state index in [1.807, 2.05) is 25.1 Å². The number of nitrogens with two attached hydrogens (primary N) is 1. The Morgan fingerprint density at radius 1 is 1.11 bits per heavy atom. The Morgan fingerprint density at radius 2 is 1.68 bits per heavy atom. The van der Waals surface area contributed by atoms with Crippen molar-refractivity contribution in [3.63, 3.8) is 0 Å². The topological polar surface area (TPSA) is 148 Å². The number of aromatic nitrogens is 2. The second kappa shape index (κ2) is 14.2. The number of carboxylic acid groups (broad SMARTS) is 2. The molecule has 38 heavy (non-hydrogen) atoms. The molecule has 10 nitrogen and oxygen atoms in total. The number of fused-ring (bicyclic) bond motifs is 1. The van der Waals surface area contributed by atoms with E-state index in [1.54, 1.807) is 7.11 Å². The molecule has 0 spiro atoms.